The van der Waals surface area contributed by atoms with Crippen LogP contribution in [-0.2, 0) is 19.2 Å². The second-order valence-corrected chi connectivity index (χ2v) is 15.2. The fourth-order valence-electron chi connectivity index (χ4n) is 4.53. The highest BCUT2D eigenvalue weighted by Crippen LogP contribution is 2.42. The van der Waals surface area contributed by atoms with Crippen LogP contribution in [0.3, 0.4) is 0 Å². The van der Waals surface area contributed by atoms with Gasteiger partial charge in [-0.05, 0) is 62.1 Å². The molecule has 2 aromatic carbocycles. The number of hydrogen-bond acceptors (Lipinski definition) is 8. The molecule has 0 aliphatic carbocycles. The van der Waals surface area contributed by atoms with E-state index in [2.05, 4.69) is 10.6 Å². The van der Waals surface area contributed by atoms with Crippen molar-refractivity contribution in [2.75, 3.05) is 23.7 Å². The van der Waals surface area contributed by atoms with E-state index in [9.17, 15) is 19.2 Å². The third-order valence-electron chi connectivity index (χ3n) is 6.89. The van der Waals surface area contributed by atoms with E-state index in [0.717, 1.165) is 23.5 Å². The number of thiocarbonyl (C=S) groups is 2. The summed E-state index contributed by atoms with van der Waals surface area (Å²) in [5, 5.41) is 7.24. The SMILES string of the molecule is O=C(CCCCCN1C(=O)C(=C2SC(=S)N(CCCCCC(=O)Nc3ccc(Cl)cc3Cl)C2=O)SC1=S)Nc1ccc(Cl)cc1Cl. The molecular weight excluding hydrogens is 750 g/mol. The molecule has 8 nitrogen and oxygen atoms in total. The largest absolute Gasteiger partial charge is 0.325 e. The molecule has 0 atom stereocenters. The number of benzene rings is 2. The van der Waals surface area contributed by atoms with Crippen molar-refractivity contribution in [1.29, 1.82) is 0 Å². The van der Waals surface area contributed by atoms with Crippen molar-refractivity contribution in [3.63, 3.8) is 0 Å². The van der Waals surface area contributed by atoms with Crippen LogP contribution < -0.4 is 10.6 Å². The molecule has 0 aromatic heterocycles. The number of thioether (sulfide) groups is 2. The number of unbranched alkanes of at least 4 members (excludes halogenated alkanes) is 4. The lowest BCUT2D eigenvalue weighted by Crippen LogP contribution is -2.31. The van der Waals surface area contributed by atoms with Gasteiger partial charge in [-0.2, -0.15) is 0 Å². The van der Waals surface area contributed by atoms with Gasteiger partial charge in [0.15, 0.2) is 0 Å². The first-order valence-corrected chi connectivity index (χ1v) is 18.2. The molecule has 0 unspecified atom stereocenters. The Hall–Kier alpha value is -1.90. The molecule has 0 saturated carbocycles. The number of nitrogens with one attached hydrogen (secondary N) is 2. The minimum atomic E-state index is -0.308. The van der Waals surface area contributed by atoms with E-state index in [1.54, 1.807) is 36.4 Å². The third-order valence-corrected chi connectivity index (χ3v) is 11.0. The molecule has 2 saturated heterocycles. The Morgan fingerprint density at radius 3 is 1.39 bits per heavy atom. The molecule has 0 bridgehead atoms. The summed E-state index contributed by atoms with van der Waals surface area (Å²) in [5.74, 6) is -0.946. The lowest BCUT2D eigenvalue weighted by molar-refractivity contribution is -0.124. The van der Waals surface area contributed by atoms with Gasteiger partial charge in [-0.3, -0.25) is 29.0 Å². The van der Waals surface area contributed by atoms with Gasteiger partial charge in [0.05, 0.1) is 31.2 Å². The molecule has 2 fully saturated rings. The maximum atomic E-state index is 13.2. The topological polar surface area (TPSA) is 98.8 Å². The highest BCUT2D eigenvalue weighted by Gasteiger charge is 2.41. The summed E-state index contributed by atoms with van der Waals surface area (Å²) in [7, 11) is 0. The number of nitrogens with zero attached hydrogens (tertiary/aromatic N) is 2. The number of halogens is 4. The van der Waals surface area contributed by atoms with Gasteiger partial charge in [0.2, 0.25) is 11.8 Å². The number of carbonyl (C=O) groups excluding carboxylic acids is 4. The number of carbonyl (C=O) groups is 4. The Bertz CT molecular complexity index is 1490. The Morgan fingerprint density at radius 2 is 1.02 bits per heavy atom. The van der Waals surface area contributed by atoms with Crippen LogP contribution in [-0.4, -0.2) is 55.2 Å². The molecule has 2 aromatic rings. The van der Waals surface area contributed by atoms with Crippen molar-refractivity contribution in [2.24, 2.45) is 0 Å². The van der Waals surface area contributed by atoms with Crippen LogP contribution in [0.4, 0.5) is 11.4 Å². The van der Waals surface area contributed by atoms with Crippen LogP contribution in [0.5, 0.6) is 0 Å². The van der Waals surface area contributed by atoms with Crippen LogP contribution in [0.2, 0.25) is 20.1 Å². The second kappa shape index (κ2) is 17.5. The minimum absolute atomic E-state index is 0.165. The molecule has 4 rings (SSSR count). The maximum Gasteiger partial charge on any atom is 0.267 e. The summed E-state index contributed by atoms with van der Waals surface area (Å²) in [6, 6.07) is 9.72. The third kappa shape index (κ3) is 10.1. The zero-order valence-corrected chi connectivity index (χ0v) is 30.5. The molecule has 46 heavy (non-hydrogen) atoms. The molecule has 16 heteroatoms. The minimum Gasteiger partial charge on any atom is -0.325 e. The van der Waals surface area contributed by atoms with Crippen molar-refractivity contribution >= 4 is 138 Å². The van der Waals surface area contributed by atoms with Gasteiger partial charge >= 0.3 is 0 Å². The van der Waals surface area contributed by atoms with Crippen molar-refractivity contribution in [3.05, 3.63) is 66.3 Å². The van der Waals surface area contributed by atoms with Gasteiger partial charge < -0.3 is 10.6 Å². The summed E-state index contributed by atoms with van der Waals surface area (Å²) in [6.45, 7) is 0.772. The van der Waals surface area contributed by atoms with E-state index in [4.69, 9.17) is 70.8 Å². The average Bonchev–Trinajstić information content (AvgIpc) is 3.44. The van der Waals surface area contributed by atoms with Crippen LogP contribution in [0.15, 0.2) is 46.2 Å². The lowest BCUT2D eigenvalue weighted by Gasteiger charge is -2.14. The monoisotopic (exact) mass is 776 g/mol. The van der Waals surface area contributed by atoms with E-state index in [1.807, 2.05) is 0 Å². The maximum absolute atomic E-state index is 13.2. The van der Waals surface area contributed by atoms with Gasteiger partial charge in [0, 0.05) is 36.0 Å². The predicted molar refractivity (Wildman–Crippen MR) is 198 cm³/mol. The summed E-state index contributed by atoms with van der Waals surface area (Å²) >= 11 is 37.1. The molecule has 4 amide bonds. The number of amides is 4. The normalized spacial score (nSPS) is 16.5. The second-order valence-electron chi connectivity index (χ2n) is 10.3. The fourth-order valence-corrected chi connectivity index (χ4v) is 8.21. The van der Waals surface area contributed by atoms with E-state index in [0.29, 0.717) is 114 Å². The highest BCUT2D eigenvalue weighted by molar-refractivity contribution is 8.29. The zero-order chi connectivity index (χ0) is 33.4. The van der Waals surface area contributed by atoms with Crippen LogP contribution in [0.1, 0.15) is 51.4 Å². The van der Waals surface area contributed by atoms with Gasteiger partial charge in [0.1, 0.15) is 8.64 Å². The number of hydrogen-bond donors (Lipinski definition) is 2. The van der Waals surface area contributed by atoms with Crippen molar-refractivity contribution < 1.29 is 19.2 Å². The Morgan fingerprint density at radius 1 is 0.630 bits per heavy atom. The van der Waals surface area contributed by atoms with Gasteiger partial charge in [0.25, 0.3) is 11.8 Å². The quantitative estimate of drug-likeness (QED) is 0.112. The van der Waals surface area contributed by atoms with Crippen molar-refractivity contribution in [1.82, 2.24) is 9.80 Å². The molecule has 2 aliphatic heterocycles. The molecular formula is C30H28Cl4N4O4S4. The summed E-state index contributed by atoms with van der Waals surface area (Å²) < 4.78 is 0.775. The number of anilines is 2. The first-order valence-electron chi connectivity index (χ1n) is 14.3. The Labute approximate surface area is 306 Å². The van der Waals surface area contributed by atoms with E-state index < -0.39 is 0 Å². The fraction of sp³-hybridized carbons (Fsp3) is 0.333. The van der Waals surface area contributed by atoms with Crippen LogP contribution >= 0.6 is 94.4 Å². The standard InChI is InChI=1S/C30H28Cl4N4O4S4/c31-17-9-11-21(19(33)15-17)35-23(39)7-3-1-5-13-37-27(41)25(45-29(37)43)26-28(42)38(30(44)46-26)14-6-2-4-8-24(40)36-22-12-10-18(32)16-20(22)34/h9-12,15-16H,1-8,13-14H2,(H,35,39)(H,36,40). The summed E-state index contributed by atoms with van der Waals surface area (Å²) in [6.07, 6.45) is 4.51. The molecule has 2 N–H and O–H groups in total. The van der Waals surface area contributed by atoms with E-state index >= 15 is 0 Å². The van der Waals surface area contributed by atoms with Crippen molar-refractivity contribution in [2.45, 2.75) is 51.4 Å². The van der Waals surface area contributed by atoms with Gasteiger partial charge in [-0.1, -0.05) is 107 Å². The molecule has 244 valence electrons. The smallest absolute Gasteiger partial charge is 0.267 e. The van der Waals surface area contributed by atoms with Crippen molar-refractivity contribution in [3.8, 4) is 0 Å². The van der Waals surface area contributed by atoms with E-state index in [-0.39, 0.29) is 23.6 Å². The predicted octanol–water partition coefficient (Wildman–Crippen LogP) is 8.93. The molecule has 2 aliphatic rings. The lowest BCUT2D eigenvalue weighted by atomic mass is 10.1. The first-order chi connectivity index (χ1) is 21.9. The Balaban J connectivity index is 1.17. The highest BCUT2D eigenvalue weighted by atomic mass is 35.5. The van der Waals surface area contributed by atoms with Crippen LogP contribution in [0.25, 0.3) is 0 Å². The summed E-state index contributed by atoms with van der Waals surface area (Å²) in [4.78, 5) is 54.6. The Kier molecular flexibility index (Phi) is 14.0. The van der Waals surface area contributed by atoms with Crippen LogP contribution in [0, 0.1) is 0 Å². The van der Waals surface area contributed by atoms with Gasteiger partial charge in [-0.25, -0.2) is 0 Å². The molecule has 0 spiro atoms. The zero-order valence-electron chi connectivity index (χ0n) is 24.2. The first kappa shape index (κ1) is 36.9. The average molecular weight is 779 g/mol. The van der Waals surface area contributed by atoms with E-state index in [1.165, 1.54) is 9.80 Å². The molecule has 2 heterocycles. The summed E-state index contributed by atoms with van der Waals surface area (Å²) in [5.41, 5.74) is 1.00. The molecule has 0 radical (unpaired) electrons. The number of rotatable bonds is 14. The van der Waals surface area contributed by atoms with Gasteiger partial charge in [-0.15, -0.1) is 0 Å².